The summed E-state index contributed by atoms with van der Waals surface area (Å²) in [4.78, 5) is 37.2. The number of amides is 3. The fourth-order valence-electron chi connectivity index (χ4n) is 3.63. The highest BCUT2D eigenvalue weighted by Crippen LogP contribution is 2.16. The van der Waals surface area contributed by atoms with E-state index in [1.54, 1.807) is 6.92 Å². The minimum absolute atomic E-state index is 0.0435. The van der Waals surface area contributed by atoms with E-state index in [4.69, 9.17) is 15.6 Å². The number of nitrogens with one attached hydrogen (secondary N) is 3. The lowest BCUT2D eigenvalue weighted by atomic mass is 9.98. The molecule has 0 aliphatic rings. The zero-order valence-corrected chi connectivity index (χ0v) is 22.5. The number of ether oxygens (including phenoxy) is 1. The second-order valence-corrected chi connectivity index (χ2v) is 10.0. The molecule has 38 heavy (non-hydrogen) atoms. The van der Waals surface area contributed by atoms with Gasteiger partial charge in [-0.2, -0.15) is 0 Å². The Morgan fingerprint density at radius 2 is 1.71 bits per heavy atom. The lowest BCUT2D eigenvalue weighted by Gasteiger charge is -2.29. The van der Waals surface area contributed by atoms with E-state index in [0.29, 0.717) is 31.9 Å². The van der Waals surface area contributed by atoms with Gasteiger partial charge < -0.3 is 31.5 Å². The summed E-state index contributed by atoms with van der Waals surface area (Å²) in [6.07, 6.45) is 2.44. The molecule has 2 unspecified atom stereocenters. The molecule has 0 saturated heterocycles. The number of carbonyl (C=O) groups excluding carboxylic acids is 3. The van der Waals surface area contributed by atoms with Crippen molar-refractivity contribution in [2.24, 2.45) is 11.7 Å². The van der Waals surface area contributed by atoms with E-state index in [1.807, 2.05) is 68.4 Å². The molecule has 2 aromatic carbocycles. The van der Waals surface area contributed by atoms with Gasteiger partial charge in [-0.3, -0.25) is 14.4 Å². The Hall–Kier alpha value is -3.43. The van der Waals surface area contributed by atoms with Crippen molar-refractivity contribution in [2.45, 2.75) is 58.2 Å². The Morgan fingerprint density at radius 3 is 2.34 bits per heavy atom. The number of aliphatic hydroxyl groups excluding tert-OH is 1. The lowest BCUT2D eigenvalue weighted by molar-refractivity contribution is -0.129. The van der Waals surface area contributed by atoms with Crippen LogP contribution >= 0.6 is 0 Å². The van der Waals surface area contributed by atoms with E-state index in [-0.39, 0.29) is 25.4 Å². The van der Waals surface area contributed by atoms with E-state index >= 15 is 0 Å². The predicted octanol–water partition coefficient (Wildman–Crippen LogP) is 1.88. The molecular formula is C29H41N4O5. The SMILES string of the molecule is CC(C[CH]C(=O)NC(Cc1ccc(OCc2ccccc2)cc1)C(=O)NC(C)(C)CCNCCO)C(N)=O. The topological polar surface area (TPSA) is 143 Å². The third-order valence-corrected chi connectivity index (χ3v) is 6.06. The number of hydrogen-bond donors (Lipinski definition) is 5. The van der Waals surface area contributed by atoms with Crippen LogP contribution < -0.4 is 26.4 Å². The third kappa shape index (κ3) is 11.7. The van der Waals surface area contributed by atoms with E-state index in [2.05, 4.69) is 16.0 Å². The van der Waals surface area contributed by atoms with Crippen LogP contribution in [0.3, 0.4) is 0 Å². The van der Waals surface area contributed by atoms with Crippen LogP contribution in [-0.2, 0) is 27.4 Å². The van der Waals surface area contributed by atoms with Crippen LogP contribution in [0.25, 0.3) is 0 Å². The zero-order valence-electron chi connectivity index (χ0n) is 22.5. The molecule has 0 aromatic heterocycles. The normalized spacial score (nSPS) is 12.8. The first-order valence-corrected chi connectivity index (χ1v) is 12.9. The second-order valence-electron chi connectivity index (χ2n) is 10.0. The minimum atomic E-state index is -0.830. The third-order valence-electron chi connectivity index (χ3n) is 6.06. The molecule has 9 nitrogen and oxygen atoms in total. The summed E-state index contributed by atoms with van der Waals surface area (Å²) in [5.41, 5.74) is 6.66. The molecule has 0 heterocycles. The summed E-state index contributed by atoms with van der Waals surface area (Å²) in [6.45, 7) is 7.05. The van der Waals surface area contributed by atoms with E-state index < -0.39 is 29.3 Å². The van der Waals surface area contributed by atoms with Crippen LogP contribution in [0.4, 0.5) is 0 Å². The van der Waals surface area contributed by atoms with Crippen LogP contribution in [0, 0.1) is 12.3 Å². The molecule has 2 rings (SSSR count). The van der Waals surface area contributed by atoms with Gasteiger partial charge in [-0.1, -0.05) is 49.4 Å². The smallest absolute Gasteiger partial charge is 0.243 e. The molecule has 2 atom stereocenters. The first-order valence-electron chi connectivity index (χ1n) is 12.9. The molecule has 0 bridgehead atoms. The molecule has 3 amide bonds. The summed E-state index contributed by atoms with van der Waals surface area (Å²) in [5, 5.41) is 17.8. The number of hydrogen-bond acceptors (Lipinski definition) is 6. The number of aliphatic hydroxyl groups is 1. The van der Waals surface area contributed by atoms with Gasteiger partial charge in [-0.15, -0.1) is 0 Å². The molecule has 0 fully saturated rings. The van der Waals surface area contributed by atoms with Gasteiger partial charge in [-0.25, -0.2) is 0 Å². The van der Waals surface area contributed by atoms with Gasteiger partial charge in [0, 0.05) is 24.4 Å². The Labute approximate surface area is 225 Å². The van der Waals surface area contributed by atoms with Crippen molar-refractivity contribution in [3.63, 3.8) is 0 Å². The van der Waals surface area contributed by atoms with Crippen molar-refractivity contribution in [2.75, 3.05) is 19.7 Å². The molecule has 207 valence electrons. The van der Waals surface area contributed by atoms with Crippen molar-refractivity contribution < 1.29 is 24.2 Å². The zero-order chi connectivity index (χ0) is 28.0. The van der Waals surface area contributed by atoms with E-state index in [0.717, 1.165) is 11.1 Å². The highest BCUT2D eigenvalue weighted by molar-refractivity contribution is 5.92. The highest BCUT2D eigenvalue weighted by atomic mass is 16.5. The number of primary amides is 1. The van der Waals surface area contributed by atoms with Crippen LogP contribution in [0.5, 0.6) is 5.75 Å². The monoisotopic (exact) mass is 525 g/mol. The summed E-state index contributed by atoms with van der Waals surface area (Å²) >= 11 is 0. The van der Waals surface area contributed by atoms with Gasteiger partial charge in [0.25, 0.3) is 0 Å². The maximum atomic E-state index is 13.3. The van der Waals surface area contributed by atoms with Crippen molar-refractivity contribution in [1.29, 1.82) is 0 Å². The van der Waals surface area contributed by atoms with Gasteiger partial charge in [0.15, 0.2) is 0 Å². The highest BCUT2D eigenvalue weighted by Gasteiger charge is 2.27. The van der Waals surface area contributed by atoms with Gasteiger partial charge in [0.2, 0.25) is 17.7 Å². The summed E-state index contributed by atoms with van der Waals surface area (Å²) in [5.74, 6) is -1.03. The Balaban J connectivity index is 2.04. The molecule has 1 radical (unpaired) electrons. The fourth-order valence-corrected chi connectivity index (χ4v) is 3.63. The molecule has 0 saturated carbocycles. The Bertz CT molecular complexity index is 1010. The number of benzene rings is 2. The average Bonchev–Trinajstić information content (AvgIpc) is 2.89. The molecule has 9 heteroatoms. The van der Waals surface area contributed by atoms with Gasteiger partial charge >= 0.3 is 0 Å². The first kappa shape index (κ1) is 30.8. The van der Waals surface area contributed by atoms with E-state index in [1.165, 1.54) is 6.42 Å². The quantitative estimate of drug-likeness (QED) is 0.200. The number of rotatable bonds is 17. The largest absolute Gasteiger partial charge is 0.489 e. The van der Waals surface area contributed by atoms with Crippen molar-refractivity contribution in [3.8, 4) is 5.75 Å². The Morgan fingerprint density at radius 1 is 1.03 bits per heavy atom. The summed E-state index contributed by atoms with van der Waals surface area (Å²) in [6, 6.07) is 16.4. The molecular weight excluding hydrogens is 484 g/mol. The molecule has 2 aromatic rings. The molecule has 0 spiro atoms. The van der Waals surface area contributed by atoms with Crippen molar-refractivity contribution >= 4 is 17.7 Å². The number of nitrogens with two attached hydrogens (primary N) is 1. The second kappa shape index (κ2) is 15.7. The summed E-state index contributed by atoms with van der Waals surface area (Å²) in [7, 11) is 0. The molecule has 0 aliphatic carbocycles. The molecule has 0 aliphatic heterocycles. The van der Waals surface area contributed by atoms with Gasteiger partial charge in [-0.05, 0) is 56.5 Å². The van der Waals surface area contributed by atoms with Gasteiger partial charge in [0.05, 0.1) is 13.0 Å². The standard InChI is InChI=1S/C29H41N4O5/c1-21(27(30)36)9-14-26(35)32-25(28(37)33-29(2,3)15-16-31-17-18-34)19-22-10-12-24(13-11-22)38-20-23-7-5-4-6-8-23/h4-8,10-14,21,25,31,34H,9,15-20H2,1-3H3,(H2,30,36)(H,32,35)(H,33,37). The number of carbonyl (C=O) groups is 3. The average molecular weight is 526 g/mol. The van der Waals surface area contributed by atoms with Crippen LogP contribution in [0.15, 0.2) is 54.6 Å². The van der Waals surface area contributed by atoms with E-state index in [9.17, 15) is 14.4 Å². The Kier molecular flexibility index (Phi) is 12.8. The maximum Gasteiger partial charge on any atom is 0.243 e. The summed E-state index contributed by atoms with van der Waals surface area (Å²) < 4.78 is 5.85. The van der Waals surface area contributed by atoms with Crippen LogP contribution in [0.1, 0.15) is 44.7 Å². The minimum Gasteiger partial charge on any atom is -0.489 e. The predicted molar refractivity (Wildman–Crippen MR) is 147 cm³/mol. The van der Waals surface area contributed by atoms with Crippen molar-refractivity contribution in [1.82, 2.24) is 16.0 Å². The van der Waals surface area contributed by atoms with Crippen molar-refractivity contribution in [3.05, 3.63) is 72.1 Å². The first-order chi connectivity index (χ1) is 18.1. The fraction of sp³-hybridized carbons (Fsp3) is 0.448. The van der Waals surface area contributed by atoms with Crippen LogP contribution in [-0.4, -0.2) is 54.1 Å². The molecule has 6 N–H and O–H groups in total. The maximum absolute atomic E-state index is 13.3. The lowest BCUT2D eigenvalue weighted by Crippen LogP contribution is -2.54. The van der Waals surface area contributed by atoms with Crippen LogP contribution in [0.2, 0.25) is 0 Å². The van der Waals surface area contributed by atoms with Gasteiger partial charge in [0.1, 0.15) is 18.4 Å².